The predicted molar refractivity (Wildman–Crippen MR) is 164 cm³/mol. The normalized spacial score (nSPS) is 25.7. The fourth-order valence-corrected chi connectivity index (χ4v) is 5.82. The zero-order valence-electron chi connectivity index (χ0n) is 23.9. The lowest BCUT2D eigenvalue weighted by Gasteiger charge is -2.34. The summed E-state index contributed by atoms with van der Waals surface area (Å²) < 4.78 is 0. The number of hydrogen-bond acceptors (Lipinski definition) is 7. The molecule has 0 aromatic heterocycles. The van der Waals surface area contributed by atoms with Gasteiger partial charge in [0, 0.05) is 76.5 Å². The van der Waals surface area contributed by atoms with Crippen LogP contribution in [0.1, 0.15) is 49.7 Å². The monoisotopic (exact) mass is 535 g/mol. The van der Waals surface area contributed by atoms with Gasteiger partial charge in [-0.3, -0.25) is 0 Å². The maximum Gasteiger partial charge on any atom is 0.0221 e. The molecule has 0 spiro atoms. The van der Waals surface area contributed by atoms with Crippen molar-refractivity contribution in [1.29, 1.82) is 0 Å². The third-order valence-corrected chi connectivity index (χ3v) is 8.17. The first-order chi connectivity index (χ1) is 19.4. The standard InChI is InChI=1S/C32H53N7/c1-3-9-27(10-4-1)23-34-17-15-29-25-38-30(16-18-35-24-28-11-5-2-6-12-28)26-39-32-14-8-7-13-31(32)37-22-20-33-19-21-36-29/h1-6,9-12,29-39H,7-8,13-26H2/t29-,30+,31-,32-/m1/s1. The van der Waals surface area contributed by atoms with Crippen molar-refractivity contribution >= 4 is 0 Å². The Morgan fingerprint density at radius 2 is 1.08 bits per heavy atom. The summed E-state index contributed by atoms with van der Waals surface area (Å²) in [6, 6.07) is 23.5. The van der Waals surface area contributed by atoms with Gasteiger partial charge in [-0.15, -0.1) is 0 Å². The van der Waals surface area contributed by atoms with Crippen molar-refractivity contribution in [2.75, 3.05) is 52.4 Å². The summed E-state index contributed by atoms with van der Waals surface area (Å²) in [4.78, 5) is 0. The fourth-order valence-electron chi connectivity index (χ4n) is 5.82. The summed E-state index contributed by atoms with van der Waals surface area (Å²) in [5.74, 6) is 0. The summed E-state index contributed by atoms with van der Waals surface area (Å²) in [5.41, 5.74) is 2.70. The highest BCUT2D eigenvalue weighted by Crippen LogP contribution is 2.18. The summed E-state index contributed by atoms with van der Waals surface area (Å²) >= 11 is 0. The first kappa shape index (κ1) is 30.1. The molecule has 7 nitrogen and oxygen atoms in total. The maximum absolute atomic E-state index is 3.98. The minimum absolute atomic E-state index is 0.445. The van der Waals surface area contributed by atoms with Crippen LogP contribution in [0.4, 0.5) is 0 Å². The Morgan fingerprint density at radius 3 is 1.69 bits per heavy atom. The van der Waals surface area contributed by atoms with Gasteiger partial charge < -0.3 is 37.2 Å². The molecule has 0 amide bonds. The molecule has 7 N–H and O–H groups in total. The molecule has 2 aromatic carbocycles. The van der Waals surface area contributed by atoms with Crippen LogP contribution < -0.4 is 37.2 Å². The number of rotatable bonds is 10. The molecule has 0 unspecified atom stereocenters. The number of nitrogens with one attached hydrogen (secondary N) is 7. The lowest BCUT2D eigenvalue weighted by Crippen LogP contribution is -2.54. The summed E-state index contributed by atoms with van der Waals surface area (Å²) in [6.07, 6.45) is 7.48. The van der Waals surface area contributed by atoms with Crippen LogP contribution in [0, 0.1) is 0 Å². The summed E-state index contributed by atoms with van der Waals surface area (Å²) in [5, 5.41) is 26.6. The molecular weight excluding hydrogens is 482 g/mol. The van der Waals surface area contributed by atoms with E-state index in [9.17, 15) is 0 Å². The second-order valence-electron chi connectivity index (χ2n) is 11.3. The Kier molecular flexibility index (Phi) is 14.3. The highest BCUT2D eigenvalue weighted by Gasteiger charge is 2.25. The van der Waals surface area contributed by atoms with E-state index in [4.69, 9.17) is 0 Å². The Hall–Kier alpha value is -1.84. The Morgan fingerprint density at radius 1 is 0.564 bits per heavy atom. The number of hydrogen-bond donors (Lipinski definition) is 7. The van der Waals surface area contributed by atoms with E-state index in [2.05, 4.69) is 97.9 Å². The molecule has 4 atom stereocenters. The minimum atomic E-state index is 0.445. The van der Waals surface area contributed by atoms with Gasteiger partial charge in [-0.05, 0) is 49.9 Å². The lowest BCUT2D eigenvalue weighted by atomic mass is 9.90. The Bertz CT molecular complexity index is 865. The maximum atomic E-state index is 3.98. The van der Waals surface area contributed by atoms with Gasteiger partial charge in [0.1, 0.15) is 0 Å². The topological polar surface area (TPSA) is 84.2 Å². The van der Waals surface area contributed by atoms with Gasteiger partial charge >= 0.3 is 0 Å². The molecule has 2 aromatic rings. The zero-order valence-corrected chi connectivity index (χ0v) is 23.9. The van der Waals surface area contributed by atoms with E-state index in [0.717, 1.165) is 78.3 Å². The van der Waals surface area contributed by atoms with E-state index < -0.39 is 0 Å². The van der Waals surface area contributed by atoms with Crippen LogP contribution in [-0.2, 0) is 13.1 Å². The van der Waals surface area contributed by atoms with Gasteiger partial charge in [0.2, 0.25) is 0 Å². The molecule has 2 fully saturated rings. The molecule has 7 heteroatoms. The summed E-state index contributed by atoms with van der Waals surface area (Å²) in [7, 11) is 0. The van der Waals surface area contributed by atoms with Gasteiger partial charge in [-0.2, -0.15) is 0 Å². The highest BCUT2D eigenvalue weighted by molar-refractivity contribution is 5.14. The Balaban J connectivity index is 1.29. The van der Waals surface area contributed by atoms with Gasteiger partial charge in [0.25, 0.3) is 0 Å². The molecule has 1 saturated heterocycles. The van der Waals surface area contributed by atoms with Crippen LogP contribution >= 0.6 is 0 Å². The SMILES string of the molecule is c1ccc(CNCC[C@@H]2CN[C@@H](CCNCc3ccccc3)CN[C@@H]3CCCC[C@H]3NCCNCCN2)cc1. The first-order valence-corrected chi connectivity index (χ1v) is 15.5. The smallest absolute Gasteiger partial charge is 0.0221 e. The third-order valence-electron chi connectivity index (χ3n) is 8.17. The Labute approximate surface area is 237 Å². The second kappa shape index (κ2) is 18.5. The molecular formula is C32H53N7. The van der Waals surface area contributed by atoms with Crippen LogP contribution in [0.5, 0.6) is 0 Å². The van der Waals surface area contributed by atoms with Gasteiger partial charge in [-0.1, -0.05) is 73.5 Å². The third kappa shape index (κ3) is 12.1. The molecule has 216 valence electrons. The number of benzene rings is 2. The van der Waals surface area contributed by atoms with E-state index in [1.54, 1.807) is 0 Å². The summed E-state index contributed by atoms with van der Waals surface area (Å²) in [6.45, 7) is 9.98. The quantitative estimate of drug-likeness (QED) is 0.235. The van der Waals surface area contributed by atoms with Crippen LogP contribution in [0.15, 0.2) is 60.7 Å². The molecule has 4 rings (SSSR count). The molecule has 0 bridgehead atoms. The van der Waals surface area contributed by atoms with Crippen molar-refractivity contribution < 1.29 is 0 Å². The van der Waals surface area contributed by atoms with Crippen LogP contribution in [-0.4, -0.2) is 76.5 Å². The molecule has 1 aliphatic heterocycles. The molecule has 1 heterocycles. The van der Waals surface area contributed by atoms with E-state index in [1.807, 2.05) is 0 Å². The van der Waals surface area contributed by atoms with Crippen LogP contribution in [0.2, 0.25) is 0 Å². The van der Waals surface area contributed by atoms with Gasteiger partial charge in [-0.25, -0.2) is 0 Å². The van der Waals surface area contributed by atoms with Gasteiger partial charge in [0.15, 0.2) is 0 Å². The van der Waals surface area contributed by atoms with E-state index in [-0.39, 0.29) is 0 Å². The number of fused-ring (bicyclic) bond motifs is 1. The first-order valence-electron chi connectivity index (χ1n) is 15.5. The average molecular weight is 536 g/mol. The van der Waals surface area contributed by atoms with E-state index >= 15 is 0 Å². The van der Waals surface area contributed by atoms with E-state index in [1.165, 1.54) is 36.8 Å². The van der Waals surface area contributed by atoms with Crippen LogP contribution in [0.3, 0.4) is 0 Å². The van der Waals surface area contributed by atoms with Crippen molar-refractivity contribution in [2.24, 2.45) is 0 Å². The molecule has 2 aliphatic rings. The van der Waals surface area contributed by atoms with Gasteiger partial charge in [0.05, 0.1) is 0 Å². The lowest BCUT2D eigenvalue weighted by molar-refractivity contribution is 0.272. The van der Waals surface area contributed by atoms with E-state index in [0.29, 0.717) is 24.2 Å². The largest absolute Gasteiger partial charge is 0.314 e. The average Bonchev–Trinajstić information content (AvgIpc) is 2.99. The molecule has 0 radical (unpaired) electrons. The van der Waals surface area contributed by atoms with Crippen molar-refractivity contribution in [2.45, 2.75) is 75.8 Å². The van der Waals surface area contributed by atoms with Crippen molar-refractivity contribution in [3.8, 4) is 0 Å². The van der Waals surface area contributed by atoms with Crippen molar-refractivity contribution in [3.63, 3.8) is 0 Å². The second-order valence-corrected chi connectivity index (χ2v) is 11.3. The molecule has 1 saturated carbocycles. The minimum Gasteiger partial charge on any atom is -0.314 e. The highest BCUT2D eigenvalue weighted by atomic mass is 15.1. The van der Waals surface area contributed by atoms with Crippen LogP contribution in [0.25, 0.3) is 0 Å². The molecule has 39 heavy (non-hydrogen) atoms. The molecule has 1 aliphatic carbocycles. The van der Waals surface area contributed by atoms with Crippen molar-refractivity contribution in [3.05, 3.63) is 71.8 Å². The predicted octanol–water partition coefficient (Wildman–Crippen LogP) is 2.36. The van der Waals surface area contributed by atoms with Crippen molar-refractivity contribution in [1.82, 2.24) is 37.2 Å². The fraction of sp³-hybridized carbons (Fsp3) is 0.625. The zero-order chi connectivity index (χ0) is 26.8.